The van der Waals surface area contributed by atoms with Gasteiger partial charge in [-0.05, 0) is 31.0 Å². The third-order valence-electron chi connectivity index (χ3n) is 2.83. The van der Waals surface area contributed by atoms with Crippen molar-refractivity contribution in [3.63, 3.8) is 0 Å². The van der Waals surface area contributed by atoms with Gasteiger partial charge in [-0.3, -0.25) is 4.79 Å². The Bertz CT molecular complexity index is 429. The zero-order valence-corrected chi connectivity index (χ0v) is 9.63. The Kier molecular flexibility index (Phi) is 2.94. The van der Waals surface area contributed by atoms with Crippen LogP contribution in [0.25, 0.3) is 0 Å². The highest BCUT2D eigenvalue weighted by Crippen LogP contribution is 2.34. The van der Waals surface area contributed by atoms with Crippen LogP contribution in [-0.2, 0) is 4.79 Å². The molecule has 0 aliphatic carbocycles. The molecule has 0 aromatic heterocycles. The van der Waals surface area contributed by atoms with E-state index in [1.54, 1.807) is 0 Å². The third-order valence-corrected chi connectivity index (χ3v) is 2.83. The minimum atomic E-state index is -0.251. The Hall–Kier alpha value is -1.39. The van der Waals surface area contributed by atoms with E-state index >= 15 is 0 Å². The largest absolute Gasteiger partial charge is 0.329 e. The number of benzene rings is 1. The van der Waals surface area contributed by atoms with Crippen LogP contribution in [0.5, 0.6) is 0 Å². The molecule has 1 aromatic carbocycles. The molecule has 0 bridgehead atoms. The lowest BCUT2D eigenvalue weighted by molar-refractivity contribution is -0.117. The Morgan fingerprint density at radius 1 is 1.44 bits per heavy atom. The smallest absolute Gasteiger partial charge is 0.246 e. The van der Waals surface area contributed by atoms with Crippen LogP contribution >= 0.6 is 0 Å². The van der Waals surface area contributed by atoms with E-state index in [1.165, 1.54) is 0 Å². The van der Waals surface area contributed by atoms with Gasteiger partial charge in [0.05, 0.1) is 0 Å². The summed E-state index contributed by atoms with van der Waals surface area (Å²) in [6, 6.07) is 3.85. The number of nitrogens with one attached hydrogen (secondary N) is 2. The molecule has 16 heavy (non-hydrogen) atoms. The highest BCUT2D eigenvalue weighted by atomic mass is 16.2. The van der Waals surface area contributed by atoms with Crippen LogP contribution in [0.15, 0.2) is 12.1 Å². The van der Waals surface area contributed by atoms with E-state index in [-0.39, 0.29) is 11.9 Å². The SMILES string of the molecule is Cc1cc(C)c2c(c1)NC(=O)C2NCCN. The molecule has 1 unspecified atom stereocenters. The van der Waals surface area contributed by atoms with E-state index in [4.69, 9.17) is 5.73 Å². The van der Waals surface area contributed by atoms with Gasteiger partial charge in [-0.2, -0.15) is 0 Å². The van der Waals surface area contributed by atoms with Crippen molar-refractivity contribution in [2.75, 3.05) is 18.4 Å². The van der Waals surface area contributed by atoms with Crippen LogP contribution in [0.2, 0.25) is 0 Å². The van der Waals surface area contributed by atoms with E-state index in [0.717, 1.165) is 22.4 Å². The predicted molar refractivity (Wildman–Crippen MR) is 64.3 cm³/mol. The maximum atomic E-state index is 11.8. The van der Waals surface area contributed by atoms with Crippen LogP contribution < -0.4 is 16.4 Å². The minimum absolute atomic E-state index is 0.0113. The van der Waals surface area contributed by atoms with Crippen molar-refractivity contribution in [3.05, 3.63) is 28.8 Å². The molecule has 0 saturated carbocycles. The van der Waals surface area contributed by atoms with Crippen molar-refractivity contribution in [3.8, 4) is 0 Å². The molecule has 1 aromatic rings. The van der Waals surface area contributed by atoms with Crippen LogP contribution in [0, 0.1) is 13.8 Å². The summed E-state index contributed by atoms with van der Waals surface area (Å²) in [5.41, 5.74) is 9.73. The van der Waals surface area contributed by atoms with Gasteiger partial charge in [0.25, 0.3) is 0 Å². The molecule has 1 aliphatic heterocycles. The molecule has 2 rings (SSSR count). The number of rotatable bonds is 3. The molecule has 0 spiro atoms. The van der Waals surface area contributed by atoms with Crippen molar-refractivity contribution in [1.29, 1.82) is 0 Å². The monoisotopic (exact) mass is 219 g/mol. The molecule has 1 atom stereocenters. The van der Waals surface area contributed by atoms with E-state index in [2.05, 4.69) is 16.7 Å². The number of aryl methyl sites for hydroxylation is 2. The van der Waals surface area contributed by atoms with E-state index in [0.29, 0.717) is 13.1 Å². The van der Waals surface area contributed by atoms with Crippen molar-refractivity contribution in [2.45, 2.75) is 19.9 Å². The normalized spacial score (nSPS) is 18.4. The third kappa shape index (κ3) is 1.81. The molecule has 4 nitrogen and oxygen atoms in total. The molecule has 1 aliphatic rings. The molecule has 1 amide bonds. The van der Waals surface area contributed by atoms with Gasteiger partial charge in [-0.25, -0.2) is 0 Å². The maximum Gasteiger partial charge on any atom is 0.246 e. The van der Waals surface area contributed by atoms with Gasteiger partial charge < -0.3 is 16.4 Å². The maximum absolute atomic E-state index is 11.8. The van der Waals surface area contributed by atoms with Crippen LogP contribution in [0.4, 0.5) is 5.69 Å². The van der Waals surface area contributed by atoms with Crippen molar-refractivity contribution < 1.29 is 4.79 Å². The van der Waals surface area contributed by atoms with Gasteiger partial charge in [-0.1, -0.05) is 6.07 Å². The van der Waals surface area contributed by atoms with E-state index < -0.39 is 0 Å². The Balaban J connectivity index is 2.36. The fraction of sp³-hybridized carbons (Fsp3) is 0.417. The Morgan fingerprint density at radius 3 is 2.88 bits per heavy atom. The molecule has 0 radical (unpaired) electrons. The van der Waals surface area contributed by atoms with E-state index in [1.807, 2.05) is 19.9 Å². The summed E-state index contributed by atoms with van der Waals surface area (Å²) >= 11 is 0. The Morgan fingerprint density at radius 2 is 2.19 bits per heavy atom. The van der Waals surface area contributed by atoms with Gasteiger partial charge >= 0.3 is 0 Å². The number of fused-ring (bicyclic) bond motifs is 1. The number of amides is 1. The topological polar surface area (TPSA) is 67.2 Å². The summed E-state index contributed by atoms with van der Waals surface area (Å²) in [4.78, 5) is 11.8. The molecular weight excluding hydrogens is 202 g/mol. The average molecular weight is 219 g/mol. The number of carbonyl (C=O) groups is 1. The second kappa shape index (κ2) is 4.23. The molecule has 0 fully saturated rings. The zero-order chi connectivity index (χ0) is 11.7. The zero-order valence-electron chi connectivity index (χ0n) is 9.63. The standard InChI is InChI=1S/C12H17N3O/c1-7-5-8(2)10-9(6-7)15-12(16)11(10)14-4-3-13/h5-6,11,14H,3-4,13H2,1-2H3,(H,15,16). The van der Waals surface area contributed by atoms with Gasteiger partial charge in [0, 0.05) is 24.3 Å². The first-order chi connectivity index (χ1) is 7.63. The van der Waals surface area contributed by atoms with E-state index in [9.17, 15) is 4.79 Å². The van der Waals surface area contributed by atoms with Crippen LogP contribution in [0.3, 0.4) is 0 Å². The van der Waals surface area contributed by atoms with Crippen molar-refractivity contribution in [2.24, 2.45) is 5.73 Å². The first-order valence-corrected chi connectivity index (χ1v) is 5.49. The van der Waals surface area contributed by atoms with Gasteiger partial charge in [-0.15, -0.1) is 0 Å². The predicted octanol–water partition coefficient (Wildman–Crippen LogP) is 0.845. The summed E-state index contributed by atoms with van der Waals surface area (Å²) in [5, 5.41) is 6.06. The highest BCUT2D eigenvalue weighted by molar-refractivity contribution is 6.03. The van der Waals surface area contributed by atoms with Crippen LogP contribution in [-0.4, -0.2) is 19.0 Å². The molecular formula is C12H17N3O. The quantitative estimate of drug-likeness (QED) is 0.706. The minimum Gasteiger partial charge on any atom is -0.329 e. The van der Waals surface area contributed by atoms with Gasteiger partial charge in [0.2, 0.25) is 5.91 Å². The average Bonchev–Trinajstić information content (AvgIpc) is 2.51. The van der Waals surface area contributed by atoms with Gasteiger partial charge in [0.15, 0.2) is 0 Å². The Labute approximate surface area is 95.2 Å². The summed E-state index contributed by atoms with van der Waals surface area (Å²) < 4.78 is 0. The first-order valence-electron chi connectivity index (χ1n) is 5.49. The lowest BCUT2D eigenvalue weighted by Gasteiger charge is -2.13. The van der Waals surface area contributed by atoms with Crippen molar-refractivity contribution >= 4 is 11.6 Å². The van der Waals surface area contributed by atoms with Crippen molar-refractivity contribution in [1.82, 2.24) is 5.32 Å². The molecule has 0 saturated heterocycles. The highest BCUT2D eigenvalue weighted by Gasteiger charge is 2.31. The molecule has 86 valence electrons. The molecule has 4 heteroatoms. The number of nitrogens with two attached hydrogens (primary N) is 1. The number of hydrogen-bond acceptors (Lipinski definition) is 3. The second-order valence-electron chi connectivity index (χ2n) is 4.21. The fourth-order valence-electron chi connectivity index (χ4n) is 2.22. The fourth-order valence-corrected chi connectivity index (χ4v) is 2.22. The summed E-state index contributed by atoms with van der Waals surface area (Å²) in [6.07, 6.45) is 0. The van der Waals surface area contributed by atoms with Gasteiger partial charge in [0.1, 0.15) is 6.04 Å². The lowest BCUT2D eigenvalue weighted by Crippen LogP contribution is -2.31. The second-order valence-corrected chi connectivity index (χ2v) is 4.21. The number of anilines is 1. The lowest BCUT2D eigenvalue weighted by atomic mass is 10.00. The van der Waals surface area contributed by atoms with Crippen LogP contribution in [0.1, 0.15) is 22.7 Å². The summed E-state index contributed by atoms with van der Waals surface area (Å²) in [6.45, 7) is 5.23. The first kappa shape index (κ1) is 11.1. The number of carbonyl (C=O) groups excluding carboxylic acids is 1. The number of hydrogen-bond donors (Lipinski definition) is 3. The molecule has 1 heterocycles. The summed E-state index contributed by atoms with van der Waals surface area (Å²) in [7, 11) is 0. The molecule has 4 N–H and O–H groups in total. The summed E-state index contributed by atoms with van der Waals surface area (Å²) in [5.74, 6) is 0.0113.